The van der Waals surface area contributed by atoms with Gasteiger partial charge < -0.3 is 20.3 Å². The van der Waals surface area contributed by atoms with Gasteiger partial charge in [0, 0.05) is 24.6 Å². The zero-order valence-electron chi connectivity index (χ0n) is 16.5. The maximum Gasteiger partial charge on any atom is 0.258 e. The first kappa shape index (κ1) is 19.4. The van der Waals surface area contributed by atoms with E-state index in [4.69, 9.17) is 4.74 Å². The lowest BCUT2D eigenvalue weighted by Gasteiger charge is -2.37. The Balaban J connectivity index is 1.56. The number of para-hydroxylation sites is 1. The van der Waals surface area contributed by atoms with Gasteiger partial charge in [0.1, 0.15) is 18.5 Å². The number of carbonyl (C=O) groups is 2. The Labute approximate surface area is 174 Å². The number of anilines is 1. The first-order valence-corrected chi connectivity index (χ1v) is 9.62. The molecule has 7 nitrogen and oxygen atoms in total. The van der Waals surface area contributed by atoms with Crippen molar-refractivity contribution in [3.63, 3.8) is 0 Å². The van der Waals surface area contributed by atoms with Crippen molar-refractivity contribution in [1.82, 2.24) is 15.2 Å². The lowest BCUT2D eigenvalue weighted by molar-refractivity contribution is -0.122. The summed E-state index contributed by atoms with van der Waals surface area (Å²) in [7, 11) is 1.60. The Morgan fingerprint density at radius 2 is 1.93 bits per heavy atom. The minimum atomic E-state index is -0.470. The fourth-order valence-corrected chi connectivity index (χ4v) is 3.42. The van der Waals surface area contributed by atoms with E-state index in [-0.39, 0.29) is 18.4 Å². The van der Waals surface area contributed by atoms with Crippen LogP contribution in [0.2, 0.25) is 0 Å². The van der Waals surface area contributed by atoms with Gasteiger partial charge in [-0.1, -0.05) is 30.3 Å². The van der Waals surface area contributed by atoms with Gasteiger partial charge in [-0.05, 0) is 41.5 Å². The second kappa shape index (κ2) is 8.65. The molecule has 4 rings (SSSR count). The van der Waals surface area contributed by atoms with Crippen molar-refractivity contribution in [2.45, 2.75) is 12.7 Å². The van der Waals surface area contributed by atoms with Crippen LogP contribution in [-0.2, 0) is 11.3 Å². The number of hydrogen-bond donors (Lipinski definition) is 2. The van der Waals surface area contributed by atoms with Crippen LogP contribution in [0.3, 0.4) is 0 Å². The van der Waals surface area contributed by atoms with Gasteiger partial charge in [-0.25, -0.2) is 0 Å². The molecule has 1 atom stereocenters. The number of methoxy groups -OCH3 is 1. The van der Waals surface area contributed by atoms with E-state index in [0.29, 0.717) is 12.1 Å². The minimum absolute atomic E-state index is 0.0723. The third-order valence-corrected chi connectivity index (χ3v) is 4.98. The SMILES string of the molecule is COc1ccc(C2Nc3ccccc3C(=O)N2CC(=O)NCc2cccnc2)cc1. The third kappa shape index (κ3) is 4.10. The smallest absolute Gasteiger partial charge is 0.258 e. The van der Waals surface area contributed by atoms with Gasteiger partial charge in [0.25, 0.3) is 5.91 Å². The van der Waals surface area contributed by atoms with E-state index in [1.54, 1.807) is 30.5 Å². The number of pyridine rings is 1. The van der Waals surface area contributed by atoms with Gasteiger partial charge in [-0.15, -0.1) is 0 Å². The molecule has 2 heterocycles. The summed E-state index contributed by atoms with van der Waals surface area (Å²) < 4.78 is 5.23. The molecule has 30 heavy (non-hydrogen) atoms. The molecule has 0 bridgehead atoms. The van der Waals surface area contributed by atoms with Crippen LogP contribution in [0.25, 0.3) is 0 Å². The second-order valence-electron chi connectivity index (χ2n) is 6.94. The van der Waals surface area contributed by atoms with Crippen molar-refractivity contribution in [1.29, 1.82) is 0 Å². The molecule has 1 aromatic heterocycles. The van der Waals surface area contributed by atoms with Crippen molar-refractivity contribution >= 4 is 17.5 Å². The van der Waals surface area contributed by atoms with Crippen molar-refractivity contribution in [3.8, 4) is 5.75 Å². The number of hydrogen-bond acceptors (Lipinski definition) is 5. The highest BCUT2D eigenvalue weighted by molar-refractivity contribution is 6.03. The van der Waals surface area contributed by atoms with E-state index in [0.717, 1.165) is 22.6 Å². The summed E-state index contributed by atoms with van der Waals surface area (Å²) in [5.41, 5.74) is 3.04. The molecule has 0 saturated carbocycles. The normalized spacial score (nSPS) is 15.2. The standard InChI is InChI=1S/C23H22N4O3/c1-30-18-10-8-17(9-11-18)22-26-20-7-3-2-6-19(20)23(29)27(22)15-21(28)25-14-16-5-4-12-24-13-16/h2-13,22,26H,14-15H2,1H3,(H,25,28). The van der Waals surface area contributed by atoms with Crippen LogP contribution in [0.4, 0.5) is 5.69 Å². The number of nitrogens with zero attached hydrogens (tertiary/aromatic N) is 2. The molecule has 1 aliphatic rings. The number of fused-ring (bicyclic) bond motifs is 1. The van der Waals surface area contributed by atoms with Crippen molar-refractivity contribution in [2.75, 3.05) is 19.0 Å². The Kier molecular flexibility index (Phi) is 5.61. The lowest BCUT2D eigenvalue weighted by Crippen LogP contribution is -2.47. The predicted octanol–water partition coefficient (Wildman–Crippen LogP) is 2.97. The first-order valence-electron chi connectivity index (χ1n) is 9.62. The van der Waals surface area contributed by atoms with Crippen LogP contribution in [-0.4, -0.2) is 35.4 Å². The highest BCUT2D eigenvalue weighted by Gasteiger charge is 2.34. The van der Waals surface area contributed by atoms with E-state index in [1.165, 1.54) is 0 Å². The van der Waals surface area contributed by atoms with Gasteiger partial charge in [-0.2, -0.15) is 0 Å². The number of benzene rings is 2. The Bertz CT molecular complexity index is 1040. The topological polar surface area (TPSA) is 83.6 Å². The number of ether oxygens (including phenoxy) is 1. The van der Waals surface area contributed by atoms with Crippen molar-refractivity contribution in [2.24, 2.45) is 0 Å². The number of amides is 2. The zero-order chi connectivity index (χ0) is 20.9. The summed E-state index contributed by atoms with van der Waals surface area (Å²) in [6.07, 6.45) is 2.91. The van der Waals surface area contributed by atoms with E-state index >= 15 is 0 Å². The van der Waals surface area contributed by atoms with E-state index in [2.05, 4.69) is 15.6 Å². The summed E-state index contributed by atoms with van der Waals surface area (Å²) in [5.74, 6) is 0.288. The van der Waals surface area contributed by atoms with Crippen LogP contribution in [0.5, 0.6) is 5.75 Å². The van der Waals surface area contributed by atoms with Gasteiger partial charge in [-0.3, -0.25) is 14.6 Å². The Morgan fingerprint density at radius 3 is 2.67 bits per heavy atom. The third-order valence-electron chi connectivity index (χ3n) is 4.98. The van der Waals surface area contributed by atoms with E-state index < -0.39 is 6.17 Å². The van der Waals surface area contributed by atoms with Crippen LogP contribution in [0.1, 0.15) is 27.7 Å². The minimum Gasteiger partial charge on any atom is -0.497 e. The maximum atomic E-state index is 13.2. The first-order chi connectivity index (χ1) is 14.7. The Morgan fingerprint density at radius 1 is 1.13 bits per heavy atom. The second-order valence-corrected chi connectivity index (χ2v) is 6.94. The molecule has 1 unspecified atom stereocenters. The largest absolute Gasteiger partial charge is 0.497 e. The Hall–Kier alpha value is -3.87. The average molecular weight is 402 g/mol. The van der Waals surface area contributed by atoms with E-state index in [9.17, 15) is 9.59 Å². The molecule has 0 aliphatic carbocycles. The molecular weight excluding hydrogens is 380 g/mol. The number of nitrogens with one attached hydrogen (secondary N) is 2. The molecule has 0 fully saturated rings. The predicted molar refractivity (Wildman–Crippen MR) is 113 cm³/mol. The molecule has 0 radical (unpaired) electrons. The quantitative estimate of drug-likeness (QED) is 0.662. The molecule has 0 saturated heterocycles. The average Bonchev–Trinajstić information content (AvgIpc) is 2.80. The highest BCUT2D eigenvalue weighted by Crippen LogP contribution is 2.33. The molecule has 1 aliphatic heterocycles. The van der Waals surface area contributed by atoms with Crippen LogP contribution in [0.15, 0.2) is 73.1 Å². The van der Waals surface area contributed by atoms with Crippen LogP contribution in [0, 0.1) is 0 Å². The number of aromatic nitrogens is 1. The molecule has 0 spiro atoms. The molecule has 3 aromatic rings. The zero-order valence-corrected chi connectivity index (χ0v) is 16.5. The van der Waals surface area contributed by atoms with Gasteiger partial charge in [0.2, 0.25) is 5.91 Å². The molecule has 152 valence electrons. The molecular formula is C23H22N4O3. The molecule has 7 heteroatoms. The van der Waals surface area contributed by atoms with Gasteiger partial charge in [0.05, 0.1) is 12.7 Å². The molecule has 2 aromatic carbocycles. The number of rotatable bonds is 6. The summed E-state index contributed by atoms with van der Waals surface area (Å²) in [6.45, 7) is 0.281. The summed E-state index contributed by atoms with van der Waals surface area (Å²) >= 11 is 0. The van der Waals surface area contributed by atoms with Crippen molar-refractivity contribution in [3.05, 3.63) is 89.7 Å². The fourth-order valence-electron chi connectivity index (χ4n) is 3.42. The summed E-state index contributed by atoms with van der Waals surface area (Å²) in [6, 6.07) is 18.5. The lowest BCUT2D eigenvalue weighted by atomic mass is 10.0. The van der Waals surface area contributed by atoms with Crippen LogP contribution < -0.4 is 15.4 Å². The fraction of sp³-hybridized carbons (Fsp3) is 0.174. The van der Waals surface area contributed by atoms with E-state index in [1.807, 2.05) is 54.6 Å². The van der Waals surface area contributed by atoms with Crippen molar-refractivity contribution < 1.29 is 14.3 Å². The molecule has 2 amide bonds. The highest BCUT2D eigenvalue weighted by atomic mass is 16.5. The summed E-state index contributed by atoms with van der Waals surface area (Å²) in [5, 5.41) is 6.25. The van der Waals surface area contributed by atoms with Gasteiger partial charge in [0.15, 0.2) is 0 Å². The summed E-state index contributed by atoms with van der Waals surface area (Å²) in [4.78, 5) is 31.4. The number of carbonyl (C=O) groups excluding carboxylic acids is 2. The monoisotopic (exact) mass is 402 g/mol. The van der Waals surface area contributed by atoms with Gasteiger partial charge >= 0.3 is 0 Å². The maximum absolute atomic E-state index is 13.2. The molecule has 2 N–H and O–H groups in total. The van der Waals surface area contributed by atoms with Crippen LogP contribution >= 0.6 is 0 Å².